The lowest BCUT2D eigenvalue weighted by molar-refractivity contribution is -0.161. The maximum atomic E-state index is 10.7. The number of rotatable bonds is 4. The number of hydrogen-bond acceptors (Lipinski definition) is 2. The van der Waals surface area contributed by atoms with E-state index in [2.05, 4.69) is 0 Å². The van der Waals surface area contributed by atoms with Gasteiger partial charge in [-0.25, -0.2) is 0 Å². The van der Waals surface area contributed by atoms with Gasteiger partial charge in [0.15, 0.2) is 5.92 Å². The predicted octanol–water partition coefficient (Wildman–Crippen LogP) is 1.45. The fraction of sp³-hybridized carbons (Fsp3) is 0.778. The van der Waals surface area contributed by atoms with E-state index in [-0.39, 0.29) is 5.92 Å². The zero-order chi connectivity index (χ0) is 10.8. The Hall–Kier alpha value is -1.06. The first-order valence-corrected chi connectivity index (χ1v) is 4.16. The molecular formula is C9H16O4. The van der Waals surface area contributed by atoms with Gasteiger partial charge in [-0.3, -0.25) is 9.59 Å². The lowest BCUT2D eigenvalue weighted by Gasteiger charge is -2.32. The predicted molar refractivity (Wildman–Crippen MR) is 47.4 cm³/mol. The van der Waals surface area contributed by atoms with Crippen molar-refractivity contribution in [3.8, 4) is 0 Å². The number of carboxylic acid groups (broad SMARTS) is 2. The smallest absolute Gasteiger partial charge is 0.318 e. The van der Waals surface area contributed by atoms with Crippen molar-refractivity contribution in [3.05, 3.63) is 0 Å². The molecule has 0 amide bonds. The molecule has 0 heterocycles. The van der Waals surface area contributed by atoms with Crippen molar-refractivity contribution in [1.82, 2.24) is 0 Å². The maximum Gasteiger partial charge on any atom is 0.318 e. The molecule has 0 bridgehead atoms. The van der Waals surface area contributed by atoms with Crippen LogP contribution >= 0.6 is 0 Å². The first-order valence-electron chi connectivity index (χ1n) is 4.16. The van der Waals surface area contributed by atoms with E-state index in [9.17, 15) is 9.59 Å². The summed E-state index contributed by atoms with van der Waals surface area (Å²) in [6.45, 7) is 6.95. The highest BCUT2D eigenvalue weighted by Gasteiger charge is 2.42. The summed E-state index contributed by atoms with van der Waals surface area (Å²) in [7, 11) is 0. The summed E-state index contributed by atoms with van der Waals surface area (Å²) >= 11 is 0. The summed E-state index contributed by atoms with van der Waals surface area (Å²) in [5.74, 6) is -3.88. The maximum absolute atomic E-state index is 10.7. The SMILES string of the molecule is CC(C)C(C)(C)C(C(=O)O)C(=O)O. The van der Waals surface area contributed by atoms with E-state index in [1.807, 2.05) is 13.8 Å². The lowest BCUT2D eigenvalue weighted by atomic mass is 9.71. The Morgan fingerprint density at radius 2 is 1.38 bits per heavy atom. The number of carbonyl (C=O) groups is 2. The largest absolute Gasteiger partial charge is 0.481 e. The minimum atomic E-state index is -1.34. The van der Waals surface area contributed by atoms with E-state index >= 15 is 0 Å². The summed E-state index contributed by atoms with van der Waals surface area (Å²) < 4.78 is 0. The third-order valence-electron chi connectivity index (χ3n) is 2.73. The van der Waals surface area contributed by atoms with Crippen molar-refractivity contribution in [2.75, 3.05) is 0 Å². The van der Waals surface area contributed by atoms with Crippen molar-refractivity contribution >= 4 is 11.9 Å². The van der Waals surface area contributed by atoms with Crippen LogP contribution in [0.3, 0.4) is 0 Å². The second kappa shape index (κ2) is 3.77. The molecule has 4 heteroatoms. The number of aliphatic carboxylic acids is 2. The van der Waals surface area contributed by atoms with Crippen LogP contribution in [0.5, 0.6) is 0 Å². The molecule has 0 atom stereocenters. The van der Waals surface area contributed by atoms with E-state index in [4.69, 9.17) is 10.2 Å². The fourth-order valence-corrected chi connectivity index (χ4v) is 1.08. The van der Waals surface area contributed by atoms with Crippen molar-refractivity contribution in [2.45, 2.75) is 27.7 Å². The molecule has 0 saturated heterocycles. The van der Waals surface area contributed by atoms with Crippen molar-refractivity contribution in [3.63, 3.8) is 0 Å². The number of hydrogen-bond donors (Lipinski definition) is 2. The van der Waals surface area contributed by atoms with E-state index in [0.717, 1.165) is 0 Å². The van der Waals surface area contributed by atoms with Gasteiger partial charge in [-0.15, -0.1) is 0 Å². The minimum absolute atomic E-state index is 0.00435. The van der Waals surface area contributed by atoms with Gasteiger partial charge in [0.1, 0.15) is 0 Å². The molecule has 0 rings (SSSR count). The molecule has 0 aliphatic rings. The molecule has 2 N–H and O–H groups in total. The Balaban J connectivity index is 4.95. The summed E-state index contributed by atoms with van der Waals surface area (Å²) in [6.07, 6.45) is 0. The molecule has 0 fully saturated rings. The van der Waals surface area contributed by atoms with E-state index in [0.29, 0.717) is 0 Å². The molecule has 0 spiro atoms. The van der Waals surface area contributed by atoms with Gasteiger partial charge in [-0.2, -0.15) is 0 Å². The van der Waals surface area contributed by atoms with Crippen LogP contribution in [0.4, 0.5) is 0 Å². The molecule has 4 nitrogen and oxygen atoms in total. The Bertz CT molecular complexity index is 204. The van der Waals surface area contributed by atoms with Crippen LogP contribution in [-0.2, 0) is 9.59 Å². The monoisotopic (exact) mass is 188 g/mol. The zero-order valence-electron chi connectivity index (χ0n) is 8.37. The van der Waals surface area contributed by atoms with Crippen LogP contribution in [0.15, 0.2) is 0 Å². The van der Waals surface area contributed by atoms with Crippen LogP contribution in [0.2, 0.25) is 0 Å². The van der Waals surface area contributed by atoms with Gasteiger partial charge in [-0.1, -0.05) is 27.7 Å². The van der Waals surface area contributed by atoms with Gasteiger partial charge in [0.2, 0.25) is 0 Å². The molecule has 76 valence electrons. The highest BCUT2D eigenvalue weighted by Crippen LogP contribution is 2.35. The Morgan fingerprint density at radius 3 is 1.46 bits per heavy atom. The van der Waals surface area contributed by atoms with Gasteiger partial charge in [0.05, 0.1) is 0 Å². The molecular weight excluding hydrogens is 172 g/mol. The van der Waals surface area contributed by atoms with E-state index < -0.39 is 23.3 Å². The third-order valence-corrected chi connectivity index (χ3v) is 2.73. The molecule has 0 radical (unpaired) electrons. The molecule has 0 aromatic heterocycles. The van der Waals surface area contributed by atoms with Crippen LogP contribution in [0.25, 0.3) is 0 Å². The molecule has 0 aromatic rings. The average Bonchev–Trinajstić information content (AvgIpc) is 1.82. The van der Waals surface area contributed by atoms with Crippen molar-refractivity contribution in [1.29, 1.82) is 0 Å². The lowest BCUT2D eigenvalue weighted by Crippen LogP contribution is -2.40. The van der Waals surface area contributed by atoms with Gasteiger partial charge in [-0.05, 0) is 11.3 Å². The molecule has 0 aliphatic carbocycles. The Morgan fingerprint density at radius 1 is 1.08 bits per heavy atom. The van der Waals surface area contributed by atoms with Crippen molar-refractivity contribution in [2.24, 2.45) is 17.3 Å². The molecule has 13 heavy (non-hydrogen) atoms. The van der Waals surface area contributed by atoms with E-state index in [1.165, 1.54) is 0 Å². The summed E-state index contributed by atoms with van der Waals surface area (Å²) in [5, 5.41) is 17.5. The van der Waals surface area contributed by atoms with Gasteiger partial charge < -0.3 is 10.2 Å². The summed E-state index contributed by atoms with van der Waals surface area (Å²) in [4.78, 5) is 21.4. The first-order chi connectivity index (χ1) is 5.71. The van der Waals surface area contributed by atoms with E-state index in [1.54, 1.807) is 13.8 Å². The molecule has 0 unspecified atom stereocenters. The second-order valence-corrected chi connectivity index (χ2v) is 4.09. The normalized spacial score (nSPS) is 12.2. The summed E-state index contributed by atoms with van der Waals surface area (Å²) in [5.41, 5.74) is -0.738. The van der Waals surface area contributed by atoms with Gasteiger partial charge in [0, 0.05) is 0 Å². The second-order valence-electron chi connectivity index (χ2n) is 4.09. The average molecular weight is 188 g/mol. The molecule has 0 aromatic carbocycles. The first kappa shape index (κ1) is 11.9. The topological polar surface area (TPSA) is 74.6 Å². The molecule has 0 saturated carbocycles. The Kier molecular flexibility index (Phi) is 3.46. The van der Waals surface area contributed by atoms with Crippen LogP contribution < -0.4 is 0 Å². The third kappa shape index (κ3) is 2.44. The van der Waals surface area contributed by atoms with Gasteiger partial charge >= 0.3 is 11.9 Å². The van der Waals surface area contributed by atoms with Gasteiger partial charge in [0.25, 0.3) is 0 Å². The molecule has 0 aliphatic heterocycles. The van der Waals surface area contributed by atoms with Crippen molar-refractivity contribution < 1.29 is 19.8 Å². The fourth-order valence-electron chi connectivity index (χ4n) is 1.08. The van der Waals surface area contributed by atoms with Crippen LogP contribution in [0, 0.1) is 17.3 Å². The minimum Gasteiger partial charge on any atom is -0.481 e. The Labute approximate surface area is 77.6 Å². The van der Waals surface area contributed by atoms with Crippen LogP contribution in [-0.4, -0.2) is 22.2 Å². The highest BCUT2D eigenvalue weighted by atomic mass is 16.4. The van der Waals surface area contributed by atoms with Crippen LogP contribution in [0.1, 0.15) is 27.7 Å². The summed E-state index contributed by atoms with van der Waals surface area (Å²) in [6, 6.07) is 0. The highest BCUT2D eigenvalue weighted by molar-refractivity contribution is 5.93. The standard InChI is InChI=1S/C9H16O4/c1-5(2)9(3,4)6(7(10)11)8(12)13/h5-6H,1-4H3,(H,10,11)(H,12,13). The number of carboxylic acids is 2. The zero-order valence-corrected chi connectivity index (χ0v) is 8.37. The quantitative estimate of drug-likeness (QED) is 0.655.